The molecular formula is C22H22F2N4O. The van der Waals surface area contributed by atoms with Gasteiger partial charge in [-0.05, 0) is 42.0 Å². The van der Waals surface area contributed by atoms with E-state index in [4.69, 9.17) is 0 Å². The average Bonchev–Trinajstić information content (AvgIpc) is 3.11. The van der Waals surface area contributed by atoms with Crippen LogP contribution in [0.3, 0.4) is 0 Å². The summed E-state index contributed by atoms with van der Waals surface area (Å²) in [5, 5.41) is 7.14. The van der Waals surface area contributed by atoms with Crippen molar-refractivity contribution in [2.75, 3.05) is 19.6 Å². The smallest absolute Gasteiger partial charge is 0.224 e. The highest BCUT2D eigenvalue weighted by molar-refractivity contribution is 5.76. The van der Waals surface area contributed by atoms with Crippen LogP contribution in [0.4, 0.5) is 8.78 Å². The fourth-order valence-electron chi connectivity index (χ4n) is 3.58. The first-order valence-corrected chi connectivity index (χ1v) is 9.61. The van der Waals surface area contributed by atoms with Crippen LogP contribution in [-0.2, 0) is 17.9 Å². The maximum absolute atomic E-state index is 13.2. The molecule has 7 heteroatoms. The van der Waals surface area contributed by atoms with Gasteiger partial charge in [0.05, 0.1) is 11.9 Å². The van der Waals surface area contributed by atoms with Gasteiger partial charge in [-0.1, -0.05) is 12.1 Å². The van der Waals surface area contributed by atoms with E-state index in [-0.39, 0.29) is 17.5 Å². The van der Waals surface area contributed by atoms with Crippen LogP contribution in [0.2, 0.25) is 0 Å². The molecular weight excluding hydrogens is 374 g/mol. The Kier molecular flexibility index (Phi) is 5.67. The molecule has 0 atom stereocenters. The van der Waals surface area contributed by atoms with Gasteiger partial charge in [-0.15, -0.1) is 0 Å². The highest BCUT2D eigenvalue weighted by atomic mass is 19.1. The summed E-state index contributed by atoms with van der Waals surface area (Å²) < 4.78 is 26.3. The van der Waals surface area contributed by atoms with Crippen molar-refractivity contribution in [1.29, 1.82) is 0 Å². The highest BCUT2D eigenvalue weighted by Gasteiger charge is 2.22. The number of halogens is 2. The molecule has 29 heavy (non-hydrogen) atoms. The number of rotatable bonds is 5. The average molecular weight is 396 g/mol. The molecule has 1 saturated heterocycles. The summed E-state index contributed by atoms with van der Waals surface area (Å²) in [4.78, 5) is 16.6. The van der Waals surface area contributed by atoms with Gasteiger partial charge < -0.3 is 4.90 Å². The molecule has 150 valence electrons. The maximum atomic E-state index is 13.2. The van der Waals surface area contributed by atoms with E-state index in [0.717, 1.165) is 28.9 Å². The SMILES string of the molecule is O=C1CCN(Cc2cn[nH]c2-c2ccc(F)cc2)CCN1Cc1ccc(F)cc1. The van der Waals surface area contributed by atoms with E-state index in [0.29, 0.717) is 32.6 Å². The normalized spacial score (nSPS) is 15.5. The van der Waals surface area contributed by atoms with E-state index in [1.54, 1.807) is 30.5 Å². The number of aromatic nitrogens is 2. The van der Waals surface area contributed by atoms with Crippen LogP contribution in [0.1, 0.15) is 17.5 Å². The zero-order chi connectivity index (χ0) is 20.2. The zero-order valence-corrected chi connectivity index (χ0v) is 15.9. The van der Waals surface area contributed by atoms with Crippen molar-refractivity contribution in [3.63, 3.8) is 0 Å². The Morgan fingerprint density at radius 3 is 2.31 bits per heavy atom. The molecule has 1 aromatic heterocycles. The molecule has 0 bridgehead atoms. The number of aromatic amines is 1. The van der Waals surface area contributed by atoms with Gasteiger partial charge in [0.15, 0.2) is 0 Å². The van der Waals surface area contributed by atoms with Gasteiger partial charge in [0.1, 0.15) is 11.6 Å². The number of amides is 1. The van der Waals surface area contributed by atoms with Crippen molar-refractivity contribution in [3.8, 4) is 11.3 Å². The van der Waals surface area contributed by atoms with E-state index in [9.17, 15) is 13.6 Å². The second-order valence-corrected chi connectivity index (χ2v) is 7.25. The zero-order valence-electron chi connectivity index (χ0n) is 15.9. The second kappa shape index (κ2) is 8.53. The van der Waals surface area contributed by atoms with Gasteiger partial charge >= 0.3 is 0 Å². The minimum absolute atomic E-state index is 0.0998. The quantitative estimate of drug-likeness (QED) is 0.717. The molecule has 3 aromatic rings. The number of nitrogens with one attached hydrogen (secondary N) is 1. The van der Waals surface area contributed by atoms with Gasteiger partial charge in [0, 0.05) is 50.3 Å². The Hall–Kier alpha value is -3.06. The summed E-state index contributed by atoms with van der Waals surface area (Å²) in [6.07, 6.45) is 2.21. The third-order valence-corrected chi connectivity index (χ3v) is 5.21. The van der Waals surface area contributed by atoms with Crippen molar-refractivity contribution in [2.45, 2.75) is 19.5 Å². The van der Waals surface area contributed by atoms with Crippen molar-refractivity contribution in [1.82, 2.24) is 20.0 Å². The minimum atomic E-state index is -0.279. The monoisotopic (exact) mass is 396 g/mol. The van der Waals surface area contributed by atoms with Gasteiger partial charge in [0.2, 0.25) is 5.91 Å². The molecule has 0 saturated carbocycles. The summed E-state index contributed by atoms with van der Waals surface area (Å²) in [6, 6.07) is 12.6. The Balaban J connectivity index is 1.41. The molecule has 2 heterocycles. The first-order chi connectivity index (χ1) is 14.1. The lowest BCUT2D eigenvalue weighted by Crippen LogP contribution is -2.32. The maximum Gasteiger partial charge on any atom is 0.224 e. The van der Waals surface area contributed by atoms with Crippen LogP contribution in [0.25, 0.3) is 11.3 Å². The Morgan fingerprint density at radius 1 is 0.897 bits per heavy atom. The van der Waals surface area contributed by atoms with Crippen LogP contribution in [-0.4, -0.2) is 45.5 Å². The predicted molar refractivity (Wildman–Crippen MR) is 106 cm³/mol. The minimum Gasteiger partial charge on any atom is -0.337 e. The highest BCUT2D eigenvalue weighted by Crippen LogP contribution is 2.23. The molecule has 5 nitrogen and oxygen atoms in total. The van der Waals surface area contributed by atoms with Crippen LogP contribution in [0.15, 0.2) is 54.7 Å². The first-order valence-electron chi connectivity index (χ1n) is 9.61. The Bertz CT molecular complexity index is 969. The van der Waals surface area contributed by atoms with Gasteiger partial charge in [-0.3, -0.25) is 14.8 Å². The lowest BCUT2D eigenvalue weighted by atomic mass is 10.1. The number of H-pyrrole nitrogens is 1. The number of carbonyl (C=O) groups excluding carboxylic acids is 1. The molecule has 0 unspecified atom stereocenters. The van der Waals surface area contributed by atoms with Crippen molar-refractivity contribution in [2.24, 2.45) is 0 Å². The largest absolute Gasteiger partial charge is 0.337 e. The lowest BCUT2D eigenvalue weighted by molar-refractivity contribution is -0.130. The number of hydrogen-bond donors (Lipinski definition) is 1. The summed E-state index contributed by atoms with van der Waals surface area (Å²) >= 11 is 0. The number of carbonyl (C=O) groups is 1. The molecule has 1 N–H and O–H groups in total. The van der Waals surface area contributed by atoms with Crippen molar-refractivity contribution >= 4 is 5.91 Å². The summed E-state index contributed by atoms with van der Waals surface area (Å²) in [5.41, 5.74) is 3.67. The van der Waals surface area contributed by atoms with E-state index in [2.05, 4.69) is 15.1 Å². The second-order valence-electron chi connectivity index (χ2n) is 7.25. The van der Waals surface area contributed by atoms with Crippen LogP contribution in [0.5, 0.6) is 0 Å². The predicted octanol–water partition coefficient (Wildman–Crippen LogP) is 3.59. The molecule has 0 aliphatic carbocycles. The van der Waals surface area contributed by atoms with Gasteiger partial charge in [-0.2, -0.15) is 5.10 Å². The third-order valence-electron chi connectivity index (χ3n) is 5.21. The Morgan fingerprint density at radius 2 is 1.59 bits per heavy atom. The standard InChI is InChI=1S/C22H22F2N4O/c23-19-5-1-16(2-6-19)14-28-12-11-27(10-9-21(28)29)15-18-13-25-26-22(18)17-3-7-20(24)8-4-17/h1-8,13H,9-12,14-15H2,(H,25,26). The lowest BCUT2D eigenvalue weighted by Gasteiger charge is -2.22. The van der Waals surface area contributed by atoms with E-state index >= 15 is 0 Å². The van der Waals surface area contributed by atoms with Crippen LogP contribution >= 0.6 is 0 Å². The molecule has 2 aromatic carbocycles. The van der Waals surface area contributed by atoms with E-state index < -0.39 is 0 Å². The summed E-state index contributed by atoms with van der Waals surface area (Å²) in [7, 11) is 0. The van der Waals surface area contributed by atoms with Crippen molar-refractivity contribution in [3.05, 3.63) is 77.5 Å². The number of nitrogens with zero attached hydrogens (tertiary/aromatic N) is 3. The molecule has 1 fully saturated rings. The number of benzene rings is 2. The van der Waals surface area contributed by atoms with E-state index in [1.165, 1.54) is 24.3 Å². The molecule has 0 spiro atoms. The molecule has 1 amide bonds. The Labute approximate surface area is 168 Å². The fourth-order valence-corrected chi connectivity index (χ4v) is 3.58. The molecule has 0 radical (unpaired) electrons. The van der Waals surface area contributed by atoms with E-state index in [1.807, 2.05) is 4.90 Å². The molecule has 4 rings (SSSR count). The summed E-state index contributed by atoms with van der Waals surface area (Å²) in [5.74, 6) is -0.455. The molecule has 1 aliphatic rings. The fraction of sp³-hybridized carbons (Fsp3) is 0.273. The first kappa shape index (κ1) is 19.3. The third kappa shape index (κ3) is 4.68. The van der Waals surface area contributed by atoms with Gasteiger partial charge in [-0.25, -0.2) is 8.78 Å². The van der Waals surface area contributed by atoms with Gasteiger partial charge in [0.25, 0.3) is 0 Å². The topological polar surface area (TPSA) is 52.2 Å². The van der Waals surface area contributed by atoms with Crippen LogP contribution < -0.4 is 0 Å². The molecule has 1 aliphatic heterocycles. The number of hydrogen-bond acceptors (Lipinski definition) is 3. The van der Waals surface area contributed by atoms with Crippen molar-refractivity contribution < 1.29 is 13.6 Å². The summed E-state index contributed by atoms with van der Waals surface area (Å²) in [6.45, 7) is 3.15. The van der Waals surface area contributed by atoms with Crippen LogP contribution in [0, 0.1) is 11.6 Å².